The first-order valence-corrected chi connectivity index (χ1v) is 2.38. The molecule has 0 aliphatic carbocycles. The van der Waals surface area contributed by atoms with E-state index in [1.165, 1.54) is 0 Å². The van der Waals surface area contributed by atoms with Gasteiger partial charge in [0.1, 0.15) is 0 Å². The molecule has 4 heteroatoms. The minimum absolute atomic E-state index is 0. The Kier molecular flexibility index (Phi) is 27.8. The van der Waals surface area contributed by atoms with Gasteiger partial charge in [0.25, 0.3) is 0 Å². The van der Waals surface area contributed by atoms with Crippen LogP contribution in [0.1, 0.15) is 0 Å². The average Bonchev–Trinajstić information content (AvgIpc) is 1.81. The van der Waals surface area contributed by atoms with Crippen molar-refractivity contribution in [1.29, 1.82) is 0 Å². The molecule has 0 saturated carbocycles. The van der Waals surface area contributed by atoms with Crippen molar-refractivity contribution in [3.8, 4) is 5.92 Å². The average molecular weight is 217 g/mol. The molecule has 10 heavy (non-hydrogen) atoms. The molecule has 0 aromatic heterocycles. The zero-order valence-corrected chi connectivity index (χ0v) is 9.02. The number of hydrogen-bond donors (Lipinski definition) is 0. The van der Waals surface area contributed by atoms with Crippen LogP contribution in [0.2, 0.25) is 0 Å². The van der Waals surface area contributed by atoms with Crippen LogP contribution in [0.15, 0.2) is 0 Å². The standard InChI is InChI=1S/C6H9O2.BrH.Mg/c1-3-4-8-6-5-7-2;;/h4-6H2,2H3;1H;/q-1;;+2/p-1. The van der Waals surface area contributed by atoms with Crippen LogP contribution in [0, 0.1) is 12.3 Å². The van der Waals surface area contributed by atoms with E-state index in [0.29, 0.717) is 13.2 Å². The number of rotatable bonds is 4. The van der Waals surface area contributed by atoms with Gasteiger partial charge in [0.15, 0.2) is 0 Å². The van der Waals surface area contributed by atoms with Crippen molar-refractivity contribution in [2.45, 2.75) is 0 Å². The summed E-state index contributed by atoms with van der Waals surface area (Å²) in [5, 5.41) is 0. The van der Waals surface area contributed by atoms with E-state index in [9.17, 15) is 0 Å². The number of hydrogen-bond acceptors (Lipinski definition) is 2. The van der Waals surface area contributed by atoms with Crippen molar-refractivity contribution < 1.29 is 26.5 Å². The van der Waals surface area contributed by atoms with Gasteiger partial charge < -0.3 is 38.8 Å². The van der Waals surface area contributed by atoms with E-state index in [-0.39, 0.29) is 46.6 Å². The van der Waals surface area contributed by atoms with Gasteiger partial charge in [-0.25, -0.2) is 0 Å². The van der Waals surface area contributed by atoms with Gasteiger partial charge in [0.05, 0.1) is 19.8 Å². The van der Waals surface area contributed by atoms with Crippen LogP contribution < -0.4 is 17.0 Å². The van der Waals surface area contributed by atoms with E-state index < -0.39 is 0 Å². The van der Waals surface area contributed by atoms with E-state index in [0.717, 1.165) is 0 Å². The Morgan fingerprint density at radius 1 is 1.40 bits per heavy atom. The van der Waals surface area contributed by atoms with E-state index in [4.69, 9.17) is 11.2 Å². The molecule has 0 aliphatic rings. The molecule has 0 heterocycles. The minimum Gasteiger partial charge on any atom is -1.00 e. The fourth-order valence-corrected chi connectivity index (χ4v) is 0.265. The Morgan fingerprint density at radius 2 is 2.00 bits per heavy atom. The van der Waals surface area contributed by atoms with E-state index in [1.807, 2.05) is 0 Å². The Labute approximate surface area is 88.6 Å². The van der Waals surface area contributed by atoms with Gasteiger partial charge in [0, 0.05) is 7.11 Å². The number of ether oxygens (including phenoxy) is 2. The smallest absolute Gasteiger partial charge is 1.00 e. The predicted molar refractivity (Wildman–Crippen MR) is 35.6 cm³/mol. The van der Waals surface area contributed by atoms with E-state index in [2.05, 4.69) is 10.7 Å². The molecular weight excluding hydrogens is 208 g/mol. The van der Waals surface area contributed by atoms with Crippen LogP contribution >= 0.6 is 0 Å². The zero-order valence-electron chi connectivity index (χ0n) is 6.02. The van der Waals surface area contributed by atoms with E-state index in [1.54, 1.807) is 7.11 Å². The minimum atomic E-state index is 0. The first-order chi connectivity index (χ1) is 3.91. The summed E-state index contributed by atoms with van der Waals surface area (Å²) in [6, 6.07) is 0. The Morgan fingerprint density at radius 3 is 2.40 bits per heavy atom. The molecule has 0 fully saturated rings. The maximum absolute atomic E-state index is 6.42. The maximum atomic E-state index is 6.42. The van der Waals surface area contributed by atoms with Crippen LogP contribution in [0.5, 0.6) is 0 Å². The van der Waals surface area contributed by atoms with Gasteiger partial charge >= 0.3 is 23.1 Å². The Bertz CT molecular complexity index is 82.3. The SMILES string of the molecule is [Br-].[C-]#CCOCCOC.[Mg+2]. The summed E-state index contributed by atoms with van der Waals surface area (Å²) in [5.41, 5.74) is 0. The summed E-state index contributed by atoms with van der Waals surface area (Å²) in [7, 11) is 1.61. The quantitative estimate of drug-likeness (QED) is 0.214. The second-order valence-corrected chi connectivity index (χ2v) is 1.22. The van der Waals surface area contributed by atoms with Crippen LogP contribution in [-0.2, 0) is 9.47 Å². The van der Waals surface area contributed by atoms with E-state index >= 15 is 0 Å². The largest absolute Gasteiger partial charge is 2.00 e. The summed E-state index contributed by atoms with van der Waals surface area (Å²) in [4.78, 5) is 0. The molecule has 0 aliphatic heterocycles. The molecule has 0 atom stereocenters. The summed E-state index contributed by atoms with van der Waals surface area (Å²) >= 11 is 0. The van der Waals surface area contributed by atoms with Crippen molar-refractivity contribution in [2.75, 3.05) is 26.9 Å². The molecule has 54 valence electrons. The maximum Gasteiger partial charge on any atom is 2.00 e. The molecule has 0 rings (SSSR count). The number of methoxy groups -OCH3 is 1. The molecule has 0 radical (unpaired) electrons. The molecule has 0 amide bonds. The second-order valence-electron chi connectivity index (χ2n) is 1.22. The fourth-order valence-electron chi connectivity index (χ4n) is 0.265. The van der Waals surface area contributed by atoms with Crippen molar-refractivity contribution >= 4 is 23.1 Å². The molecule has 0 aromatic rings. The summed E-state index contributed by atoms with van der Waals surface area (Å²) in [6.07, 6.45) is 6.42. The first kappa shape index (κ1) is 17.0. The van der Waals surface area contributed by atoms with Gasteiger partial charge in [-0.1, -0.05) is 0 Å². The van der Waals surface area contributed by atoms with Gasteiger partial charge in [-0.2, -0.15) is 0 Å². The van der Waals surface area contributed by atoms with Crippen LogP contribution in [0.25, 0.3) is 0 Å². The third-order valence-corrected chi connectivity index (χ3v) is 0.606. The zero-order chi connectivity index (χ0) is 6.24. The summed E-state index contributed by atoms with van der Waals surface area (Å²) in [5.74, 6) is 2.10. The molecule has 0 bridgehead atoms. The van der Waals surface area contributed by atoms with Crippen molar-refractivity contribution in [2.24, 2.45) is 0 Å². The molecular formula is C6H9BrMgO2. The molecule has 2 nitrogen and oxygen atoms in total. The number of halogens is 1. The predicted octanol–water partition coefficient (Wildman–Crippen LogP) is -3.14. The molecule has 0 saturated heterocycles. The topological polar surface area (TPSA) is 18.5 Å². The third kappa shape index (κ3) is 15.9. The summed E-state index contributed by atoms with van der Waals surface area (Å²) < 4.78 is 9.47. The van der Waals surface area contributed by atoms with Gasteiger partial charge in [-0.15, -0.1) is 0 Å². The van der Waals surface area contributed by atoms with Crippen LogP contribution in [0.3, 0.4) is 0 Å². The van der Waals surface area contributed by atoms with Crippen molar-refractivity contribution in [3.05, 3.63) is 6.42 Å². The van der Waals surface area contributed by atoms with Crippen LogP contribution in [0.4, 0.5) is 0 Å². The molecule has 0 aromatic carbocycles. The summed E-state index contributed by atoms with van der Waals surface area (Å²) in [6.45, 7) is 1.40. The van der Waals surface area contributed by atoms with Crippen molar-refractivity contribution in [1.82, 2.24) is 0 Å². The van der Waals surface area contributed by atoms with Crippen molar-refractivity contribution in [3.63, 3.8) is 0 Å². The van der Waals surface area contributed by atoms with Gasteiger partial charge in [-0.3, -0.25) is 0 Å². The normalized spacial score (nSPS) is 6.80. The van der Waals surface area contributed by atoms with Gasteiger partial charge in [-0.05, 0) is 0 Å². The Balaban J connectivity index is -0.000000245. The molecule has 0 N–H and O–H groups in total. The Hall–Kier alpha value is 0.726. The third-order valence-electron chi connectivity index (χ3n) is 0.606. The van der Waals surface area contributed by atoms with Gasteiger partial charge in [0.2, 0.25) is 0 Å². The molecule has 0 unspecified atom stereocenters. The monoisotopic (exact) mass is 216 g/mol. The second kappa shape index (κ2) is 16.4. The first-order valence-electron chi connectivity index (χ1n) is 2.38. The fraction of sp³-hybridized carbons (Fsp3) is 0.667. The molecule has 0 spiro atoms. The van der Waals surface area contributed by atoms with Crippen LogP contribution in [-0.4, -0.2) is 50.0 Å².